The van der Waals surface area contributed by atoms with E-state index in [0.717, 1.165) is 32.7 Å². The molecular formula is C13H19N5. The molecule has 1 aromatic heterocycles. The van der Waals surface area contributed by atoms with E-state index in [1.807, 2.05) is 0 Å². The highest BCUT2D eigenvalue weighted by molar-refractivity contribution is 5.34. The Hall–Kier alpha value is -1.67. The molecule has 1 aromatic rings. The van der Waals surface area contributed by atoms with Gasteiger partial charge in [0.25, 0.3) is 0 Å². The van der Waals surface area contributed by atoms with Crippen molar-refractivity contribution in [3.8, 4) is 6.07 Å². The molecule has 5 heteroatoms. The number of aromatic nitrogens is 2. The third kappa shape index (κ3) is 3.17. The Kier molecular flexibility index (Phi) is 4.11. The molecule has 0 spiro atoms. The number of nitrogens with zero attached hydrogens (tertiary/aromatic N) is 5. The van der Waals surface area contributed by atoms with Crippen molar-refractivity contribution >= 4 is 5.95 Å². The minimum absolute atomic E-state index is 0.435. The van der Waals surface area contributed by atoms with Gasteiger partial charge >= 0.3 is 0 Å². The van der Waals surface area contributed by atoms with Crippen LogP contribution in [0, 0.1) is 17.2 Å². The second-order valence-corrected chi connectivity index (χ2v) is 5.04. The van der Waals surface area contributed by atoms with Gasteiger partial charge in [-0.05, 0) is 12.0 Å². The van der Waals surface area contributed by atoms with Gasteiger partial charge < -0.3 is 4.90 Å². The third-order valence-electron chi connectivity index (χ3n) is 3.04. The van der Waals surface area contributed by atoms with Crippen molar-refractivity contribution in [2.45, 2.75) is 13.8 Å². The Balaban J connectivity index is 1.95. The standard InChI is InChI=1S/C13H19N5/c1-11(2)10-17-5-7-18(8-6-17)13-15-4-3-12(9-14)16-13/h3-4,11H,5-8,10H2,1-2H3. The molecule has 0 radical (unpaired) electrons. The Morgan fingerprint density at radius 1 is 1.33 bits per heavy atom. The van der Waals surface area contributed by atoms with E-state index in [-0.39, 0.29) is 0 Å². The van der Waals surface area contributed by atoms with Crippen LogP contribution in [0.25, 0.3) is 0 Å². The summed E-state index contributed by atoms with van der Waals surface area (Å²) in [4.78, 5) is 13.1. The van der Waals surface area contributed by atoms with E-state index in [0.29, 0.717) is 17.6 Å². The molecule has 96 valence electrons. The molecule has 2 heterocycles. The Bertz CT molecular complexity index is 429. The zero-order valence-electron chi connectivity index (χ0n) is 11.0. The maximum atomic E-state index is 8.83. The fraction of sp³-hybridized carbons (Fsp3) is 0.615. The maximum absolute atomic E-state index is 8.83. The molecule has 0 aromatic carbocycles. The first-order chi connectivity index (χ1) is 8.69. The SMILES string of the molecule is CC(C)CN1CCN(c2nccc(C#N)n2)CC1. The van der Waals surface area contributed by atoms with Gasteiger partial charge in [0, 0.05) is 38.9 Å². The van der Waals surface area contributed by atoms with Crippen LogP contribution in [0.2, 0.25) is 0 Å². The molecule has 1 aliphatic rings. The zero-order chi connectivity index (χ0) is 13.0. The molecule has 0 amide bonds. The van der Waals surface area contributed by atoms with Gasteiger partial charge in [-0.1, -0.05) is 13.8 Å². The molecule has 0 aliphatic carbocycles. The van der Waals surface area contributed by atoms with E-state index in [1.54, 1.807) is 12.3 Å². The van der Waals surface area contributed by atoms with E-state index >= 15 is 0 Å². The number of hydrogen-bond acceptors (Lipinski definition) is 5. The van der Waals surface area contributed by atoms with Gasteiger partial charge in [0.15, 0.2) is 0 Å². The average Bonchev–Trinajstić information content (AvgIpc) is 2.39. The van der Waals surface area contributed by atoms with E-state index in [1.165, 1.54) is 0 Å². The van der Waals surface area contributed by atoms with Crippen LogP contribution in [0.5, 0.6) is 0 Å². The van der Waals surface area contributed by atoms with Crippen LogP contribution in [0.15, 0.2) is 12.3 Å². The van der Waals surface area contributed by atoms with Crippen molar-refractivity contribution < 1.29 is 0 Å². The number of rotatable bonds is 3. The molecule has 0 bridgehead atoms. The summed E-state index contributed by atoms with van der Waals surface area (Å²) in [7, 11) is 0. The van der Waals surface area contributed by atoms with Crippen molar-refractivity contribution in [2.75, 3.05) is 37.6 Å². The van der Waals surface area contributed by atoms with Crippen LogP contribution in [0.4, 0.5) is 5.95 Å². The quantitative estimate of drug-likeness (QED) is 0.799. The van der Waals surface area contributed by atoms with Crippen LogP contribution >= 0.6 is 0 Å². The van der Waals surface area contributed by atoms with Gasteiger partial charge in [-0.2, -0.15) is 5.26 Å². The van der Waals surface area contributed by atoms with Crippen LogP contribution in [-0.2, 0) is 0 Å². The monoisotopic (exact) mass is 245 g/mol. The number of piperazine rings is 1. The molecule has 0 saturated carbocycles. The van der Waals surface area contributed by atoms with Gasteiger partial charge in [0.05, 0.1) is 0 Å². The smallest absolute Gasteiger partial charge is 0.226 e. The third-order valence-corrected chi connectivity index (χ3v) is 3.04. The molecule has 1 saturated heterocycles. The molecule has 18 heavy (non-hydrogen) atoms. The number of hydrogen-bond donors (Lipinski definition) is 0. The van der Waals surface area contributed by atoms with Gasteiger partial charge in [-0.25, -0.2) is 9.97 Å². The summed E-state index contributed by atoms with van der Waals surface area (Å²) in [6, 6.07) is 3.69. The van der Waals surface area contributed by atoms with Crippen molar-refractivity contribution in [1.29, 1.82) is 5.26 Å². The summed E-state index contributed by atoms with van der Waals surface area (Å²) < 4.78 is 0. The minimum atomic E-state index is 0.435. The zero-order valence-corrected chi connectivity index (χ0v) is 11.0. The molecule has 2 rings (SSSR count). The minimum Gasteiger partial charge on any atom is -0.338 e. The molecule has 0 atom stereocenters. The van der Waals surface area contributed by atoms with Gasteiger partial charge in [-0.3, -0.25) is 4.90 Å². The van der Waals surface area contributed by atoms with E-state index < -0.39 is 0 Å². The van der Waals surface area contributed by atoms with Crippen molar-refractivity contribution in [2.24, 2.45) is 5.92 Å². The molecular weight excluding hydrogens is 226 g/mol. The number of nitriles is 1. The fourth-order valence-electron chi connectivity index (χ4n) is 2.21. The summed E-state index contributed by atoms with van der Waals surface area (Å²) >= 11 is 0. The topological polar surface area (TPSA) is 56.0 Å². The van der Waals surface area contributed by atoms with E-state index in [4.69, 9.17) is 5.26 Å². The van der Waals surface area contributed by atoms with Gasteiger partial charge in [0.1, 0.15) is 11.8 Å². The predicted octanol–water partition coefficient (Wildman–Crippen LogP) is 1.13. The fourth-order valence-corrected chi connectivity index (χ4v) is 2.21. The predicted molar refractivity (Wildman–Crippen MR) is 70.2 cm³/mol. The molecule has 1 fully saturated rings. The first-order valence-electron chi connectivity index (χ1n) is 6.39. The van der Waals surface area contributed by atoms with E-state index in [2.05, 4.69) is 39.7 Å². The Morgan fingerprint density at radius 2 is 2.06 bits per heavy atom. The average molecular weight is 245 g/mol. The van der Waals surface area contributed by atoms with Gasteiger partial charge in [0.2, 0.25) is 5.95 Å². The highest BCUT2D eigenvalue weighted by Gasteiger charge is 2.19. The lowest BCUT2D eigenvalue weighted by molar-refractivity contribution is 0.230. The second-order valence-electron chi connectivity index (χ2n) is 5.04. The Labute approximate surface area is 108 Å². The van der Waals surface area contributed by atoms with Crippen molar-refractivity contribution in [3.63, 3.8) is 0 Å². The lowest BCUT2D eigenvalue weighted by atomic mass is 10.2. The van der Waals surface area contributed by atoms with Crippen LogP contribution in [-0.4, -0.2) is 47.6 Å². The first-order valence-corrected chi connectivity index (χ1v) is 6.39. The largest absolute Gasteiger partial charge is 0.338 e. The summed E-state index contributed by atoms with van der Waals surface area (Å²) in [6.45, 7) is 9.57. The molecule has 0 unspecified atom stereocenters. The molecule has 1 aliphatic heterocycles. The highest BCUT2D eigenvalue weighted by atomic mass is 15.3. The van der Waals surface area contributed by atoms with Crippen LogP contribution < -0.4 is 4.90 Å². The van der Waals surface area contributed by atoms with Crippen LogP contribution in [0.1, 0.15) is 19.5 Å². The lowest BCUT2D eigenvalue weighted by Crippen LogP contribution is -2.48. The maximum Gasteiger partial charge on any atom is 0.226 e. The molecule has 0 N–H and O–H groups in total. The summed E-state index contributed by atoms with van der Waals surface area (Å²) in [5.41, 5.74) is 0.435. The summed E-state index contributed by atoms with van der Waals surface area (Å²) in [6.07, 6.45) is 1.65. The van der Waals surface area contributed by atoms with E-state index in [9.17, 15) is 0 Å². The van der Waals surface area contributed by atoms with Crippen LogP contribution in [0.3, 0.4) is 0 Å². The van der Waals surface area contributed by atoms with Crippen molar-refractivity contribution in [1.82, 2.24) is 14.9 Å². The lowest BCUT2D eigenvalue weighted by Gasteiger charge is -2.35. The van der Waals surface area contributed by atoms with Gasteiger partial charge in [-0.15, -0.1) is 0 Å². The Morgan fingerprint density at radius 3 is 2.67 bits per heavy atom. The number of anilines is 1. The highest BCUT2D eigenvalue weighted by Crippen LogP contribution is 2.11. The summed E-state index contributed by atoms with van der Waals surface area (Å²) in [5.74, 6) is 1.38. The first kappa shape index (κ1) is 12.8. The molecule has 5 nitrogen and oxygen atoms in total. The summed E-state index contributed by atoms with van der Waals surface area (Å²) in [5, 5.41) is 8.83. The normalized spacial score (nSPS) is 16.9. The van der Waals surface area contributed by atoms with Crippen molar-refractivity contribution in [3.05, 3.63) is 18.0 Å². The second kappa shape index (κ2) is 5.78.